The topological polar surface area (TPSA) is 61.8 Å². The Morgan fingerprint density at radius 2 is 0.643 bits per heavy atom. The second-order valence-corrected chi connectivity index (χ2v) is 18.4. The van der Waals surface area contributed by atoms with Crippen molar-refractivity contribution in [3.63, 3.8) is 0 Å². The van der Waals surface area contributed by atoms with Crippen molar-refractivity contribution in [3.05, 3.63) is 134 Å². The molecule has 0 radical (unpaired) electrons. The third-order valence-electron chi connectivity index (χ3n) is 11.7. The summed E-state index contributed by atoms with van der Waals surface area (Å²) in [6.07, 6.45) is 84.8. The molecular weight excluding hydrogens is 861 g/mol. The van der Waals surface area contributed by atoms with E-state index in [0.29, 0.717) is 19.4 Å². The maximum atomic E-state index is 12.9. The van der Waals surface area contributed by atoms with E-state index in [0.717, 1.165) is 128 Å². The first kappa shape index (κ1) is 66.0. The molecule has 0 fully saturated rings. The lowest BCUT2D eigenvalue weighted by Gasteiger charge is -2.18. The summed E-state index contributed by atoms with van der Waals surface area (Å²) < 4.78 is 17.4. The van der Waals surface area contributed by atoms with Gasteiger partial charge in [-0.25, -0.2) is 0 Å². The van der Waals surface area contributed by atoms with E-state index in [1.165, 1.54) is 77.0 Å². The van der Waals surface area contributed by atoms with Gasteiger partial charge in [0, 0.05) is 19.4 Å². The minimum Gasteiger partial charge on any atom is -0.462 e. The molecule has 0 spiro atoms. The van der Waals surface area contributed by atoms with Gasteiger partial charge in [0.05, 0.1) is 6.61 Å². The number of carbonyl (C=O) groups excluding carboxylic acids is 2. The van der Waals surface area contributed by atoms with Crippen LogP contribution in [0.2, 0.25) is 0 Å². The van der Waals surface area contributed by atoms with Crippen molar-refractivity contribution in [2.75, 3.05) is 19.8 Å². The average molecular weight is 968 g/mol. The first-order chi connectivity index (χ1) is 34.6. The van der Waals surface area contributed by atoms with Gasteiger partial charge in [0.25, 0.3) is 0 Å². The van der Waals surface area contributed by atoms with Crippen LogP contribution in [0.3, 0.4) is 0 Å². The number of ether oxygens (including phenoxy) is 3. The van der Waals surface area contributed by atoms with Crippen LogP contribution in [0.4, 0.5) is 0 Å². The summed E-state index contributed by atoms with van der Waals surface area (Å²) in [6.45, 7) is 7.42. The summed E-state index contributed by atoms with van der Waals surface area (Å²) >= 11 is 0. The number of allylic oxidation sites excluding steroid dienone is 22. The number of hydrogen-bond acceptors (Lipinski definition) is 5. The van der Waals surface area contributed by atoms with E-state index in [-0.39, 0.29) is 25.2 Å². The maximum absolute atomic E-state index is 12.9. The van der Waals surface area contributed by atoms with Crippen LogP contribution in [0.15, 0.2) is 134 Å². The highest BCUT2D eigenvalue weighted by molar-refractivity contribution is 5.70. The van der Waals surface area contributed by atoms with Gasteiger partial charge in [-0.1, -0.05) is 231 Å². The van der Waals surface area contributed by atoms with E-state index < -0.39 is 6.10 Å². The highest BCUT2D eigenvalue weighted by atomic mass is 16.6. The summed E-state index contributed by atoms with van der Waals surface area (Å²) in [6, 6.07) is 0. The fourth-order valence-corrected chi connectivity index (χ4v) is 7.45. The lowest BCUT2D eigenvalue weighted by atomic mass is 10.1. The van der Waals surface area contributed by atoms with Crippen molar-refractivity contribution >= 4 is 11.9 Å². The molecule has 5 heteroatoms. The summed E-state index contributed by atoms with van der Waals surface area (Å²) in [5, 5.41) is 0. The number of esters is 2. The van der Waals surface area contributed by atoms with Crippen molar-refractivity contribution in [3.8, 4) is 0 Å². The maximum Gasteiger partial charge on any atom is 0.306 e. The zero-order chi connectivity index (χ0) is 50.6. The van der Waals surface area contributed by atoms with Crippen LogP contribution in [-0.2, 0) is 23.8 Å². The van der Waals surface area contributed by atoms with Gasteiger partial charge in [0.15, 0.2) is 6.10 Å². The third kappa shape index (κ3) is 56.6. The molecule has 0 aromatic carbocycles. The molecule has 0 bridgehead atoms. The minimum atomic E-state index is -0.590. The first-order valence-corrected chi connectivity index (χ1v) is 28.7. The summed E-state index contributed by atoms with van der Waals surface area (Å²) in [7, 11) is 0. The standard InChI is InChI=1S/C65H106O5/c1-4-7-10-13-16-19-22-25-28-31-32-33-36-39-42-45-48-51-54-57-60-68-61-63(70-65(67)59-56-53-50-47-44-41-38-35-30-27-24-21-18-15-12-9-6-3)62-69-64(66)58-55-52-49-46-43-40-37-34-29-26-23-20-17-14-11-8-5-2/h7-8,10-11,16-17,19-20,25-30,32-33,37,39-40,42,48,51,63H,4-6,9,12-15,18,21-24,31,34-36,38,41,43-47,49-50,52-62H2,1-3H3/b10-7-,11-8-,19-16-,20-17-,28-25-,29-26-,30-27-,33-32-,40-37-,42-39-,51-48-. The average Bonchev–Trinajstić information content (AvgIpc) is 3.36. The Kier molecular flexibility index (Phi) is 56.0. The second kappa shape index (κ2) is 59.3. The van der Waals surface area contributed by atoms with Gasteiger partial charge in [-0.05, 0) is 128 Å². The van der Waals surface area contributed by atoms with Gasteiger partial charge in [-0.3, -0.25) is 9.59 Å². The van der Waals surface area contributed by atoms with E-state index in [2.05, 4.69) is 154 Å². The predicted molar refractivity (Wildman–Crippen MR) is 306 cm³/mol. The van der Waals surface area contributed by atoms with Crippen molar-refractivity contribution < 1.29 is 23.8 Å². The smallest absolute Gasteiger partial charge is 0.306 e. The summed E-state index contributed by atoms with van der Waals surface area (Å²) in [4.78, 5) is 25.5. The molecule has 0 saturated carbocycles. The molecule has 0 aromatic rings. The van der Waals surface area contributed by atoms with Gasteiger partial charge in [0.2, 0.25) is 0 Å². The molecule has 0 heterocycles. The van der Waals surface area contributed by atoms with Crippen LogP contribution in [0.5, 0.6) is 0 Å². The van der Waals surface area contributed by atoms with Crippen LogP contribution in [-0.4, -0.2) is 37.9 Å². The van der Waals surface area contributed by atoms with Crippen LogP contribution in [0, 0.1) is 0 Å². The molecule has 70 heavy (non-hydrogen) atoms. The SMILES string of the molecule is CC/C=C\C/C=C\C/C=C\C/C=C\C/C=C\C/C=C\CCCOCC(COC(=O)CCCCCC/C=C\C/C=C\C/C=C\C/C=C\CC)OC(=O)CCCCCCCCC/C=C\CCCCCCCC. The van der Waals surface area contributed by atoms with Crippen LogP contribution in [0.25, 0.3) is 0 Å². The number of carbonyl (C=O) groups is 2. The number of unbranched alkanes of at least 4 members (excludes halogenated alkanes) is 18. The van der Waals surface area contributed by atoms with Crippen LogP contribution in [0.1, 0.15) is 239 Å². The Balaban J connectivity index is 4.46. The van der Waals surface area contributed by atoms with Gasteiger partial charge >= 0.3 is 11.9 Å². The fourth-order valence-electron chi connectivity index (χ4n) is 7.45. The molecule has 0 aliphatic heterocycles. The molecule has 5 nitrogen and oxygen atoms in total. The van der Waals surface area contributed by atoms with Crippen molar-refractivity contribution in [2.45, 2.75) is 245 Å². The minimum absolute atomic E-state index is 0.0395. The van der Waals surface area contributed by atoms with Crippen LogP contribution >= 0.6 is 0 Å². The zero-order valence-corrected chi connectivity index (χ0v) is 45.5. The Labute approximate surface area is 432 Å². The Morgan fingerprint density at radius 1 is 0.329 bits per heavy atom. The van der Waals surface area contributed by atoms with E-state index in [1.807, 2.05) is 0 Å². The van der Waals surface area contributed by atoms with Crippen molar-refractivity contribution in [2.24, 2.45) is 0 Å². The van der Waals surface area contributed by atoms with Crippen LogP contribution < -0.4 is 0 Å². The first-order valence-electron chi connectivity index (χ1n) is 28.7. The van der Waals surface area contributed by atoms with E-state index in [9.17, 15) is 9.59 Å². The molecule has 1 unspecified atom stereocenters. The van der Waals surface area contributed by atoms with Gasteiger partial charge in [-0.2, -0.15) is 0 Å². The molecule has 0 aliphatic carbocycles. The fraction of sp³-hybridized carbons (Fsp3) is 0.631. The summed E-state index contributed by atoms with van der Waals surface area (Å²) in [5.41, 5.74) is 0. The molecule has 0 saturated heterocycles. The van der Waals surface area contributed by atoms with Gasteiger partial charge in [-0.15, -0.1) is 0 Å². The van der Waals surface area contributed by atoms with E-state index in [4.69, 9.17) is 14.2 Å². The predicted octanol–water partition coefficient (Wildman–Crippen LogP) is 19.9. The Morgan fingerprint density at radius 3 is 1.04 bits per heavy atom. The zero-order valence-electron chi connectivity index (χ0n) is 45.5. The summed E-state index contributed by atoms with van der Waals surface area (Å²) in [5.74, 6) is -0.467. The number of rotatable bonds is 51. The molecule has 0 N–H and O–H groups in total. The van der Waals surface area contributed by atoms with Gasteiger partial charge in [0.1, 0.15) is 6.61 Å². The number of hydrogen-bond donors (Lipinski definition) is 0. The largest absolute Gasteiger partial charge is 0.462 e. The Hall–Kier alpha value is -3.96. The lowest BCUT2D eigenvalue weighted by Crippen LogP contribution is -2.30. The monoisotopic (exact) mass is 967 g/mol. The quantitative estimate of drug-likeness (QED) is 0.0345. The Bertz CT molecular complexity index is 1470. The third-order valence-corrected chi connectivity index (χ3v) is 11.7. The van der Waals surface area contributed by atoms with Crippen molar-refractivity contribution in [1.82, 2.24) is 0 Å². The lowest BCUT2D eigenvalue weighted by molar-refractivity contribution is -0.163. The molecule has 0 aromatic heterocycles. The van der Waals surface area contributed by atoms with Gasteiger partial charge < -0.3 is 14.2 Å². The molecule has 1 atom stereocenters. The second-order valence-electron chi connectivity index (χ2n) is 18.4. The molecule has 0 rings (SSSR count). The van der Waals surface area contributed by atoms with E-state index in [1.54, 1.807) is 0 Å². The molecular formula is C65H106O5. The van der Waals surface area contributed by atoms with E-state index >= 15 is 0 Å². The molecule has 0 aliphatic rings. The highest BCUT2D eigenvalue weighted by Crippen LogP contribution is 2.13. The molecule has 396 valence electrons. The molecule has 0 amide bonds. The van der Waals surface area contributed by atoms with Crippen molar-refractivity contribution in [1.29, 1.82) is 0 Å². The normalized spacial score (nSPS) is 13.2. The highest BCUT2D eigenvalue weighted by Gasteiger charge is 2.17.